The van der Waals surface area contributed by atoms with Crippen molar-refractivity contribution in [3.63, 3.8) is 0 Å². The molecule has 0 bridgehead atoms. The molecule has 1 N–H and O–H groups in total. The molecule has 0 radical (unpaired) electrons. The van der Waals surface area contributed by atoms with Gasteiger partial charge in [-0.05, 0) is 19.1 Å². The number of likely N-dealkylation sites (N-methyl/N-ethyl adjacent to an activating group) is 1. The average molecular weight is 220 g/mol. The van der Waals surface area contributed by atoms with Crippen LogP contribution >= 0.6 is 0 Å². The molecule has 16 heavy (non-hydrogen) atoms. The van der Waals surface area contributed by atoms with E-state index in [1.165, 1.54) is 0 Å². The number of hydrogen-bond donors (Lipinski definition) is 1. The van der Waals surface area contributed by atoms with Crippen LogP contribution in [-0.2, 0) is 0 Å². The summed E-state index contributed by atoms with van der Waals surface area (Å²) in [5.74, 6) is -0.0899. The van der Waals surface area contributed by atoms with Crippen molar-refractivity contribution in [2.24, 2.45) is 0 Å². The monoisotopic (exact) mass is 220 g/mol. The number of quaternary nitrogens is 1. The predicted molar refractivity (Wildman–Crippen MR) is 61.6 cm³/mol. The number of nitrogens with one attached hydrogen (secondary N) is 1. The Hall–Kier alpha value is -1.39. The fraction of sp³-hybridized carbons (Fsp3) is 0.417. The average Bonchev–Trinajstić information content (AvgIpc) is 2.28. The lowest BCUT2D eigenvalue weighted by Gasteiger charge is -2.53. The molecule has 1 heterocycles. The Morgan fingerprint density at radius 3 is 2.62 bits per heavy atom. The number of likely N-dealkylation sites (tertiary alicyclic amines) is 1. The molecule has 1 amide bonds. The molecule has 2 rings (SSSR count). The minimum Gasteiger partial charge on any atom is -0.633 e. The van der Waals surface area contributed by atoms with Gasteiger partial charge in [0.2, 0.25) is 0 Å². The molecular weight excluding hydrogens is 204 g/mol. The highest BCUT2D eigenvalue weighted by Gasteiger charge is 2.36. The van der Waals surface area contributed by atoms with E-state index in [4.69, 9.17) is 0 Å². The lowest BCUT2D eigenvalue weighted by atomic mass is 10.1. The van der Waals surface area contributed by atoms with Crippen molar-refractivity contribution in [2.75, 3.05) is 19.6 Å². The summed E-state index contributed by atoms with van der Waals surface area (Å²) in [6, 6.07) is 9.10. The van der Waals surface area contributed by atoms with Gasteiger partial charge in [-0.15, -0.1) is 0 Å². The first-order valence-electron chi connectivity index (χ1n) is 5.56. The van der Waals surface area contributed by atoms with Crippen LogP contribution < -0.4 is 5.32 Å². The molecule has 4 heteroatoms. The summed E-state index contributed by atoms with van der Waals surface area (Å²) in [5, 5.41) is 14.5. The molecule has 1 aromatic rings. The van der Waals surface area contributed by atoms with Crippen molar-refractivity contribution >= 4 is 5.91 Å². The van der Waals surface area contributed by atoms with Crippen LogP contribution in [0.15, 0.2) is 30.3 Å². The number of carbonyl (C=O) groups is 1. The smallest absolute Gasteiger partial charge is 0.251 e. The number of hydroxylamine groups is 3. The minimum atomic E-state index is -0.181. The summed E-state index contributed by atoms with van der Waals surface area (Å²) in [6.45, 7) is 3.45. The first-order chi connectivity index (χ1) is 7.63. The number of amides is 1. The Morgan fingerprint density at radius 1 is 1.44 bits per heavy atom. The van der Waals surface area contributed by atoms with Crippen LogP contribution in [-0.4, -0.2) is 36.2 Å². The molecule has 0 aromatic heterocycles. The van der Waals surface area contributed by atoms with E-state index in [0.717, 1.165) is 0 Å². The van der Waals surface area contributed by atoms with Crippen LogP contribution in [0.2, 0.25) is 0 Å². The summed E-state index contributed by atoms with van der Waals surface area (Å²) in [7, 11) is 0. The van der Waals surface area contributed by atoms with Crippen molar-refractivity contribution in [3.8, 4) is 0 Å². The van der Waals surface area contributed by atoms with Crippen LogP contribution in [0.25, 0.3) is 0 Å². The van der Waals surface area contributed by atoms with Gasteiger partial charge in [-0.2, -0.15) is 0 Å². The maximum atomic E-state index is 11.7. The van der Waals surface area contributed by atoms with E-state index in [1.54, 1.807) is 12.1 Å². The highest BCUT2D eigenvalue weighted by Crippen LogP contribution is 2.18. The maximum absolute atomic E-state index is 11.7. The van der Waals surface area contributed by atoms with Gasteiger partial charge in [0, 0.05) is 5.56 Å². The fourth-order valence-corrected chi connectivity index (χ4v) is 1.96. The van der Waals surface area contributed by atoms with Gasteiger partial charge in [0.15, 0.2) is 0 Å². The van der Waals surface area contributed by atoms with Gasteiger partial charge >= 0.3 is 0 Å². The second-order valence-electron chi connectivity index (χ2n) is 4.28. The van der Waals surface area contributed by atoms with Gasteiger partial charge in [0.25, 0.3) is 5.91 Å². The molecule has 1 aromatic carbocycles. The molecule has 0 atom stereocenters. The zero-order chi connectivity index (χ0) is 11.6. The van der Waals surface area contributed by atoms with Crippen molar-refractivity contribution in [2.45, 2.75) is 13.0 Å². The van der Waals surface area contributed by atoms with Crippen LogP contribution in [0.4, 0.5) is 0 Å². The van der Waals surface area contributed by atoms with Gasteiger partial charge in [0.1, 0.15) is 19.1 Å². The summed E-state index contributed by atoms with van der Waals surface area (Å²) < 4.78 is -0.181. The second kappa shape index (κ2) is 4.23. The fourth-order valence-electron chi connectivity index (χ4n) is 1.96. The highest BCUT2D eigenvalue weighted by atomic mass is 16.6. The molecule has 0 aliphatic carbocycles. The number of nitrogens with zero attached hydrogens (tertiary/aromatic N) is 1. The highest BCUT2D eigenvalue weighted by molar-refractivity contribution is 5.94. The van der Waals surface area contributed by atoms with Gasteiger partial charge in [-0.25, -0.2) is 0 Å². The summed E-state index contributed by atoms with van der Waals surface area (Å²) >= 11 is 0. The number of hydrogen-bond acceptors (Lipinski definition) is 2. The third-order valence-electron chi connectivity index (χ3n) is 3.05. The van der Waals surface area contributed by atoms with Crippen molar-refractivity contribution < 1.29 is 9.44 Å². The van der Waals surface area contributed by atoms with Gasteiger partial charge in [-0.1, -0.05) is 18.2 Å². The number of rotatable bonds is 3. The Labute approximate surface area is 95.0 Å². The van der Waals surface area contributed by atoms with E-state index in [9.17, 15) is 10.0 Å². The molecule has 86 valence electrons. The topological polar surface area (TPSA) is 52.2 Å². The van der Waals surface area contributed by atoms with Crippen LogP contribution in [0.1, 0.15) is 17.3 Å². The van der Waals surface area contributed by atoms with E-state index in [1.807, 2.05) is 25.1 Å². The number of benzene rings is 1. The Balaban J connectivity index is 1.87. The Morgan fingerprint density at radius 2 is 2.06 bits per heavy atom. The molecule has 0 saturated carbocycles. The Kier molecular flexibility index (Phi) is 2.94. The van der Waals surface area contributed by atoms with Crippen LogP contribution in [0, 0.1) is 5.21 Å². The maximum Gasteiger partial charge on any atom is 0.251 e. The first kappa shape index (κ1) is 11.1. The van der Waals surface area contributed by atoms with Crippen LogP contribution in [0.5, 0.6) is 0 Å². The van der Waals surface area contributed by atoms with Crippen molar-refractivity contribution in [1.29, 1.82) is 0 Å². The normalized spacial score (nSPS) is 28.2. The van der Waals surface area contributed by atoms with E-state index >= 15 is 0 Å². The minimum absolute atomic E-state index is 0.0326. The second-order valence-corrected chi connectivity index (χ2v) is 4.28. The largest absolute Gasteiger partial charge is 0.633 e. The van der Waals surface area contributed by atoms with Crippen molar-refractivity contribution in [3.05, 3.63) is 41.1 Å². The van der Waals surface area contributed by atoms with Crippen LogP contribution in [0.3, 0.4) is 0 Å². The zero-order valence-electron chi connectivity index (χ0n) is 9.35. The summed E-state index contributed by atoms with van der Waals surface area (Å²) in [6.07, 6.45) is 0. The molecule has 1 aliphatic rings. The molecular formula is C12H16N2O2. The third kappa shape index (κ3) is 2.23. The lowest BCUT2D eigenvalue weighted by molar-refractivity contribution is -0.919. The molecule has 0 spiro atoms. The predicted octanol–water partition coefficient (Wildman–Crippen LogP) is 1.13. The molecule has 0 unspecified atom stereocenters. The van der Waals surface area contributed by atoms with Gasteiger partial charge in [-0.3, -0.25) is 4.79 Å². The van der Waals surface area contributed by atoms with Gasteiger partial charge in [0.05, 0.1) is 6.54 Å². The van der Waals surface area contributed by atoms with E-state index in [2.05, 4.69) is 5.32 Å². The quantitative estimate of drug-likeness (QED) is 0.613. The van der Waals surface area contributed by atoms with E-state index < -0.39 is 0 Å². The molecule has 1 aliphatic heterocycles. The lowest BCUT2D eigenvalue weighted by Crippen LogP contribution is -2.68. The molecule has 1 fully saturated rings. The summed E-state index contributed by atoms with van der Waals surface area (Å²) in [5.41, 5.74) is 0.648. The first-order valence-corrected chi connectivity index (χ1v) is 5.56. The molecule has 1 saturated heterocycles. The standard InChI is InChI=1S/C12H16N2O2/c1-2-14(16)8-11(9-14)13-12(15)10-6-4-3-5-7-10/h3-7,11H,2,8-9H2,1H3,(H,13,15). The SMILES string of the molecule is CC[N+]1([O-])CC(NC(=O)c2ccccc2)C1. The van der Waals surface area contributed by atoms with Crippen molar-refractivity contribution in [1.82, 2.24) is 5.32 Å². The van der Waals surface area contributed by atoms with E-state index in [0.29, 0.717) is 25.2 Å². The number of carbonyl (C=O) groups excluding carboxylic acids is 1. The zero-order valence-corrected chi connectivity index (χ0v) is 9.35. The Bertz CT molecular complexity index is 372. The third-order valence-corrected chi connectivity index (χ3v) is 3.05. The van der Waals surface area contributed by atoms with Gasteiger partial charge < -0.3 is 15.2 Å². The summed E-state index contributed by atoms with van der Waals surface area (Å²) in [4.78, 5) is 11.7. The van der Waals surface area contributed by atoms with E-state index in [-0.39, 0.29) is 16.6 Å². The molecule has 4 nitrogen and oxygen atoms in total.